The first-order chi connectivity index (χ1) is 7.77. The first-order valence-electron chi connectivity index (χ1n) is 4.79. The standard InChI is InChI=1S/C11H14N2O2S/c1-15-8-11(14)13-7-10-9(3-2-5-12)4-6-16-10/h4,6H,5,7-8,12H2,1H3,(H,13,14). The summed E-state index contributed by atoms with van der Waals surface area (Å²) in [7, 11) is 1.49. The molecule has 0 unspecified atom stereocenters. The van der Waals surface area contributed by atoms with Crippen LogP contribution in [0.1, 0.15) is 10.4 Å². The summed E-state index contributed by atoms with van der Waals surface area (Å²) in [5, 5.41) is 4.69. The molecule has 1 aromatic rings. The van der Waals surface area contributed by atoms with Crippen molar-refractivity contribution in [1.82, 2.24) is 5.32 Å². The smallest absolute Gasteiger partial charge is 0.246 e. The number of amides is 1. The molecule has 5 heteroatoms. The summed E-state index contributed by atoms with van der Waals surface area (Å²) in [6.45, 7) is 0.898. The van der Waals surface area contributed by atoms with E-state index in [2.05, 4.69) is 17.2 Å². The minimum absolute atomic E-state index is 0.0786. The number of methoxy groups -OCH3 is 1. The van der Waals surface area contributed by atoms with Crippen LogP contribution in [0.2, 0.25) is 0 Å². The molecule has 1 aromatic heterocycles. The van der Waals surface area contributed by atoms with Crippen molar-refractivity contribution in [3.8, 4) is 11.8 Å². The average Bonchev–Trinajstić information content (AvgIpc) is 2.71. The van der Waals surface area contributed by atoms with Gasteiger partial charge in [0.25, 0.3) is 0 Å². The van der Waals surface area contributed by atoms with E-state index in [4.69, 9.17) is 10.5 Å². The Bertz CT molecular complexity index is 404. The van der Waals surface area contributed by atoms with E-state index in [1.165, 1.54) is 7.11 Å². The maximum atomic E-state index is 11.2. The van der Waals surface area contributed by atoms with E-state index in [1.54, 1.807) is 11.3 Å². The number of thiophene rings is 1. The van der Waals surface area contributed by atoms with Gasteiger partial charge in [0, 0.05) is 17.6 Å². The lowest BCUT2D eigenvalue weighted by atomic mass is 10.2. The van der Waals surface area contributed by atoms with Crippen LogP contribution >= 0.6 is 11.3 Å². The van der Waals surface area contributed by atoms with Gasteiger partial charge >= 0.3 is 0 Å². The Kier molecular flexibility index (Phi) is 5.57. The molecule has 0 aromatic carbocycles. The average molecular weight is 238 g/mol. The molecule has 0 bridgehead atoms. The monoisotopic (exact) mass is 238 g/mol. The highest BCUT2D eigenvalue weighted by Gasteiger charge is 2.04. The van der Waals surface area contributed by atoms with Crippen molar-refractivity contribution >= 4 is 17.2 Å². The molecule has 0 saturated heterocycles. The third kappa shape index (κ3) is 4.03. The van der Waals surface area contributed by atoms with E-state index >= 15 is 0 Å². The Balaban J connectivity index is 2.54. The van der Waals surface area contributed by atoms with E-state index in [-0.39, 0.29) is 12.5 Å². The van der Waals surface area contributed by atoms with Gasteiger partial charge in [0.15, 0.2) is 0 Å². The van der Waals surface area contributed by atoms with Gasteiger partial charge in [-0.2, -0.15) is 0 Å². The largest absolute Gasteiger partial charge is 0.375 e. The van der Waals surface area contributed by atoms with Crippen LogP contribution in [-0.4, -0.2) is 26.2 Å². The van der Waals surface area contributed by atoms with E-state index in [0.717, 1.165) is 10.4 Å². The van der Waals surface area contributed by atoms with Crippen LogP contribution in [0, 0.1) is 11.8 Å². The molecule has 0 aliphatic carbocycles. The zero-order chi connectivity index (χ0) is 11.8. The third-order valence-electron chi connectivity index (χ3n) is 1.79. The molecule has 86 valence electrons. The summed E-state index contributed by atoms with van der Waals surface area (Å²) in [6.07, 6.45) is 0. The van der Waals surface area contributed by atoms with Gasteiger partial charge in [0.05, 0.1) is 13.1 Å². The summed E-state index contributed by atoms with van der Waals surface area (Å²) >= 11 is 1.56. The van der Waals surface area contributed by atoms with Crippen molar-refractivity contribution in [2.24, 2.45) is 5.73 Å². The van der Waals surface area contributed by atoms with Gasteiger partial charge in [-0.15, -0.1) is 11.3 Å². The first-order valence-corrected chi connectivity index (χ1v) is 5.66. The van der Waals surface area contributed by atoms with Crippen molar-refractivity contribution < 1.29 is 9.53 Å². The predicted octanol–water partition coefficient (Wildman–Crippen LogP) is 0.321. The second kappa shape index (κ2) is 7.01. The number of carbonyl (C=O) groups is 1. The Hall–Kier alpha value is -1.35. The van der Waals surface area contributed by atoms with Crippen molar-refractivity contribution in [2.75, 3.05) is 20.3 Å². The Morgan fingerprint density at radius 1 is 1.69 bits per heavy atom. The molecule has 0 saturated carbocycles. The van der Waals surface area contributed by atoms with Gasteiger partial charge in [-0.05, 0) is 11.4 Å². The summed E-state index contributed by atoms with van der Waals surface area (Å²) in [4.78, 5) is 12.2. The number of nitrogens with two attached hydrogens (primary N) is 1. The Morgan fingerprint density at radius 3 is 3.19 bits per heavy atom. The molecule has 1 heterocycles. The lowest BCUT2D eigenvalue weighted by Crippen LogP contribution is -2.26. The van der Waals surface area contributed by atoms with E-state index in [9.17, 15) is 4.79 Å². The predicted molar refractivity (Wildman–Crippen MR) is 64.0 cm³/mol. The topological polar surface area (TPSA) is 64.3 Å². The van der Waals surface area contributed by atoms with Crippen LogP contribution in [0.5, 0.6) is 0 Å². The van der Waals surface area contributed by atoms with Gasteiger partial charge in [-0.3, -0.25) is 4.79 Å². The molecule has 0 aliphatic heterocycles. The van der Waals surface area contributed by atoms with E-state index in [1.807, 2.05) is 11.4 Å². The Morgan fingerprint density at radius 2 is 2.50 bits per heavy atom. The normalized spacial score (nSPS) is 9.38. The van der Waals surface area contributed by atoms with Crippen LogP contribution in [0.4, 0.5) is 0 Å². The van der Waals surface area contributed by atoms with Crippen molar-refractivity contribution in [3.05, 3.63) is 21.9 Å². The maximum Gasteiger partial charge on any atom is 0.246 e. The maximum absolute atomic E-state index is 11.2. The lowest BCUT2D eigenvalue weighted by molar-refractivity contribution is -0.124. The quantitative estimate of drug-likeness (QED) is 0.743. The fraction of sp³-hybridized carbons (Fsp3) is 0.364. The second-order valence-electron chi connectivity index (χ2n) is 2.97. The molecule has 1 amide bonds. The number of rotatable bonds is 4. The number of hydrogen-bond donors (Lipinski definition) is 2. The molecule has 0 fully saturated rings. The molecule has 4 nitrogen and oxygen atoms in total. The van der Waals surface area contributed by atoms with Crippen LogP contribution in [0.15, 0.2) is 11.4 Å². The number of hydrogen-bond acceptors (Lipinski definition) is 4. The van der Waals surface area contributed by atoms with Crippen molar-refractivity contribution in [3.63, 3.8) is 0 Å². The number of ether oxygens (including phenoxy) is 1. The molecular weight excluding hydrogens is 224 g/mol. The highest BCUT2D eigenvalue weighted by atomic mass is 32.1. The summed E-state index contributed by atoms with van der Waals surface area (Å²) in [5.74, 6) is 5.62. The number of carbonyl (C=O) groups excluding carboxylic acids is 1. The fourth-order valence-electron chi connectivity index (χ4n) is 1.10. The van der Waals surface area contributed by atoms with Crippen LogP contribution in [0.25, 0.3) is 0 Å². The lowest BCUT2D eigenvalue weighted by Gasteiger charge is -2.02. The van der Waals surface area contributed by atoms with Gasteiger partial charge in [0.2, 0.25) is 5.91 Å². The molecular formula is C11H14N2O2S. The van der Waals surface area contributed by atoms with Crippen LogP contribution in [0.3, 0.4) is 0 Å². The molecule has 16 heavy (non-hydrogen) atoms. The van der Waals surface area contributed by atoms with E-state index < -0.39 is 0 Å². The zero-order valence-electron chi connectivity index (χ0n) is 9.08. The Labute approximate surface area is 98.8 Å². The third-order valence-corrected chi connectivity index (χ3v) is 2.71. The summed E-state index contributed by atoms with van der Waals surface area (Å²) < 4.78 is 4.72. The molecule has 0 radical (unpaired) electrons. The summed E-state index contributed by atoms with van der Waals surface area (Å²) in [6, 6.07) is 1.92. The minimum Gasteiger partial charge on any atom is -0.375 e. The molecule has 3 N–H and O–H groups in total. The fourth-order valence-corrected chi connectivity index (χ4v) is 1.87. The second-order valence-corrected chi connectivity index (χ2v) is 3.97. The first kappa shape index (κ1) is 12.7. The van der Waals surface area contributed by atoms with Crippen molar-refractivity contribution in [1.29, 1.82) is 0 Å². The molecule has 0 aliphatic rings. The highest BCUT2D eigenvalue weighted by molar-refractivity contribution is 7.10. The van der Waals surface area contributed by atoms with Crippen LogP contribution < -0.4 is 11.1 Å². The van der Waals surface area contributed by atoms with E-state index in [0.29, 0.717) is 13.1 Å². The number of nitrogens with one attached hydrogen (secondary N) is 1. The molecule has 0 spiro atoms. The van der Waals surface area contributed by atoms with Gasteiger partial charge in [-0.1, -0.05) is 11.8 Å². The van der Waals surface area contributed by atoms with Gasteiger partial charge in [0.1, 0.15) is 6.61 Å². The SMILES string of the molecule is COCC(=O)NCc1sccc1C#CCN. The van der Waals surface area contributed by atoms with Gasteiger partial charge < -0.3 is 15.8 Å². The minimum atomic E-state index is -0.131. The molecule has 0 atom stereocenters. The summed E-state index contributed by atoms with van der Waals surface area (Å²) in [5.41, 5.74) is 6.22. The highest BCUT2D eigenvalue weighted by Crippen LogP contribution is 2.15. The van der Waals surface area contributed by atoms with Gasteiger partial charge in [-0.25, -0.2) is 0 Å². The zero-order valence-corrected chi connectivity index (χ0v) is 9.89. The van der Waals surface area contributed by atoms with Crippen LogP contribution in [-0.2, 0) is 16.1 Å². The molecule has 1 rings (SSSR count). The van der Waals surface area contributed by atoms with Crippen molar-refractivity contribution in [2.45, 2.75) is 6.54 Å².